The zero-order valence-electron chi connectivity index (χ0n) is 22.1. The molecule has 0 fully saturated rings. The quantitative estimate of drug-likeness (QED) is 0.188. The summed E-state index contributed by atoms with van der Waals surface area (Å²) in [5.74, 6) is 1.54. The minimum absolute atomic E-state index is 0.194. The Balaban J connectivity index is 1.50. The molecule has 0 saturated carbocycles. The molecule has 2 amide bonds. The van der Waals surface area contributed by atoms with Gasteiger partial charge in [-0.3, -0.25) is 0 Å². The number of thioether (sulfide) groups is 1. The monoisotopic (exact) mass is 570 g/mol. The number of carbonyl (C=O) groups is 2. The third-order valence-corrected chi connectivity index (χ3v) is 7.20. The van der Waals surface area contributed by atoms with Crippen molar-refractivity contribution >= 4 is 41.1 Å². The van der Waals surface area contributed by atoms with Crippen LogP contribution in [0.5, 0.6) is 5.75 Å². The van der Waals surface area contributed by atoms with Crippen LogP contribution in [-0.2, 0) is 21.7 Å². The lowest BCUT2D eigenvalue weighted by atomic mass is 10.1. The molecule has 2 N–H and O–H groups in total. The topological polar surface area (TPSA) is 88.1 Å². The Morgan fingerprint density at radius 2 is 1.69 bits per heavy atom. The van der Waals surface area contributed by atoms with Crippen molar-refractivity contribution < 1.29 is 24.2 Å². The number of carboxylic acid groups (broad SMARTS) is 1. The Kier molecular flexibility index (Phi) is 13.0. The molecule has 208 valence electrons. The molecule has 7 nitrogen and oxygen atoms in total. The van der Waals surface area contributed by atoms with E-state index in [0.29, 0.717) is 42.8 Å². The van der Waals surface area contributed by atoms with Crippen molar-refractivity contribution in [2.45, 2.75) is 31.6 Å². The number of anilines is 1. The van der Waals surface area contributed by atoms with Crippen molar-refractivity contribution in [3.05, 3.63) is 95.0 Å². The number of halogens is 1. The number of urea groups is 1. The third kappa shape index (κ3) is 11.2. The van der Waals surface area contributed by atoms with Crippen LogP contribution in [0.25, 0.3) is 0 Å². The molecular weight excluding hydrogens is 536 g/mol. The largest absolute Gasteiger partial charge is 0.492 e. The fraction of sp³-hybridized carbons (Fsp3) is 0.333. The minimum atomic E-state index is -0.979. The summed E-state index contributed by atoms with van der Waals surface area (Å²) in [6, 6.07) is 24.4. The fourth-order valence-electron chi connectivity index (χ4n) is 3.80. The average Bonchev–Trinajstić information content (AvgIpc) is 2.94. The number of ether oxygens (including phenoxy) is 2. The molecule has 39 heavy (non-hydrogen) atoms. The van der Waals surface area contributed by atoms with Crippen molar-refractivity contribution in [2.75, 3.05) is 37.4 Å². The number of hydrogen-bond donors (Lipinski definition) is 2. The predicted molar refractivity (Wildman–Crippen MR) is 158 cm³/mol. The van der Waals surface area contributed by atoms with Crippen molar-refractivity contribution in [3.63, 3.8) is 0 Å². The third-order valence-electron chi connectivity index (χ3n) is 5.83. The van der Waals surface area contributed by atoms with Gasteiger partial charge in [0.1, 0.15) is 12.4 Å². The second kappa shape index (κ2) is 16.7. The summed E-state index contributed by atoms with van der Waals surface area (Å²) >= 11 is 7.81. The van der Waals surface area contributed by atoms with Crippen LogP contribution in [0.4, 0.5) is 10.5 Å². The number of amides is 2. The zero-order chi connectivity index (χ0) is 27.9. The van der Waals surface area contributed by atoms with E-state index in [1.807, 2.05) is 42.1 Å². The zero-order valence-corrected chi connectivity index (χ0v) is 23.6. The number of carboxylic acids is 1. The summed E-state index contributed by atoms with van der Waals surface area (Å²) in [6.45, 7) is 3.44. The minimum Gasteiger partial charge on any atom is -0.492 e. The summed E-state index contributed by atoms with van der Waals surface area (Å²) < 4.78 is 11.2. The van der Waals surface area contributed by atoms with E-state index in [2.05, 4.69) is 17.4 Å². The van der Waals surface area contributed by atoms with Crippen molar-refractivity contribution in [1.29, 1.82) is 0 Å². The Hall–Kier alpha value is -3.20. The number of carbonyl (C=O) groups excluding carboxylic acids is 1. The molecule has 0 aliphatic rings. The molecule has 0 aromatic heterocycles. The first-order chi connectivity index (χ1) is 18.9. The Morgan fingerprint density at radius 3 is 2.36 bits per heavy atom. The van der Waals surface area contributed by atoms with Crippen molar-refractivity contribution in [2.24, 2.45) is 0 Å². The van der Waals surface area contributed by atoms with Crippen LogP contribution >= 0.6 is 23.4 Å². The van der Waals surface area contributed by atoms with Gasteiger partial charge < -0.3 is 24.8 Å². The highest BCUT2D eigenvalue weighted by Crippen LogP contribution is 2.17. The maximum Gasteiger partial charge on any atom is 0.333 e. The molecule has 1 atom stereocenters. The van der Waals surface area contributed by atoms with Gasteiger partial charge in [0.05, 0.1) is 6.54 Å². The lowest BCUT2D eigenvalue weighted by Crippen LogP contribution is -2.38. The van der Waals surface area contributed by atoms with Crippen LogP contribution in [0.3, 0.4) is 0 Å². The van der Waals surface area contributed by atoms with E-state index in [-0.39, 0.29) is 12.5 Å². The molecular formula is C30H35ClN2O5S. The van der Waals surface area contributed by atoms with E-state index >= 15 is 0 Å². The van der Waals surface area contributed by atoms with Gasteiger partial charge in [-0.05, 0) is 66.6 Å². The van der Waals surface area contributed by atoms with Gasteiger partial charge in [-0.25, -0.2) is 9.59 Å². The van der Waals surface area contributed by atoms with Crippen LogP contribution in [0, 0.1) is 0 Å². The van der Waals surface area contributed by atoms with E-state index in [4.69, 9.17) is 21.1 Å². The summed E-state index contributed by atoms with van der Waals surface area (Å²) in [7, 11) is 0. The van der Waals surface area contributed by atoms with Gasteiger partial charge in [0.15, 0.2) is 6.10 Å². The van der Waals surface area contributed by atoms with E-state index < -0.39 is 12.1 Å². The van der Waals surface area contributed by atoms with Crippen molar-refractivity contribution in [3.8, 4) is 5.75 Å². The Labute approximate surface area is 239 Å². The van der Waals surface area contributed by atoms with Crippen LogP contribution in [-0.4, -0.2) is 60.2 Å². The van der Waals surface area contributed by atoms with E-state index in [1.165, 1.54) is 5.56 Å². The first kappa shape index (κ1) is 30.3. The average molecular weight is 571 g/mol. The summed E-state index contributed by atoms with van der Waals surface area (Å²) in [5, 5.41) is 12.8. The fourth-order valence-corrected chi connectivity index (χ4v) is 4.83. The maximum atomic E-state index is 13.0. The van der Waals surface area contributed by atoms with Gasteiger partial charge in [0.2, 0.25) is 0 Å². The lowest BCUT2D eigenvalue weighted by molar-refractivity contribution is -0.149. The second-order valence-electron chi connectivity index (χ2n) is 8.79. The van der Waals surface area contributed by atoms with E-state index in [1.54, 1.807) is 48.2 Å². The van der Waals surface area contributed by atoms with E-state index in [9.17, 15) is 14.7 Å². The molecule has 0 saturated heterocycles. The summed E-state index contributed by atoms with van der Waals surface area (Å²) in [4.78, 5) is 26.1. The molecule has 1 unspecified atom stereocenters. The lowest BCUT2D eigenvalue weighted by Gasteiger charge is -2.23. The molecule has 0 heterocycles. The number of nitrogens with one attached hydrogen (secondary N) is 1. The van der Waals surface area contributed by atoms with Crippen LogP contribution in [0.15, 0.2) is 78.9 Å². The van der Waals surface area contributed by atoms with Crippen LogP contribution in [0.2, 0.25) is 5.02 Å². The normalized spacial score (nSPS) is 11.5. The SMILES string of the molecule is CCOC(Cc1ccc(OCCN(CCCSCc2ccccc2)C(=O)Nc2ccc(Cl)cc2)cc1)C(=O)O. The smallest absolute Gasteiger partial charge is 0.333 e. The Morgan fingerprint density at radius 1 is 0.974 bits per heavy atom. The number of hydrogen-bond acceptors (Lipinski definition) is 5. The van der Waals surface area contributed by atoms with Gasteiger partial charge >= 0.3 is 12.0 Å². The first-order valence-corrected chi connectivity index (χ1v) is 14.5. The standard InChI is InChI=1S/C30H35ClN2O5S/c1-2-37-28(29(34)35)21-23-9-15-27(16-10-23)38-19-18-33(30(36)32-26-13-11-25(31)12-14-26)17-6-20-39-22-24-7-4-3-5-8-24/h3-5,7-16,28H,2,6,17-22H2,1H3,(H,32,36)(H,34,35). The van der Waals surface area contributed by atoms with E-state index in [0.717, 1.165) is 23.5 Å². The number of rotatable bonds is 16. The number of nitrogens with zero attached hydrogens (tertiary/aromatic N) is 1. The first-order valence-electron chi connectivity index (χ1n) is 12.9. The van der Waals surface area contributed by atoms with Crippen molar-refractivity contribution in [1.82, 2.24) is 4.90 Å². The van der Waals surface area contributed by atoms with Gasteiger partial charge in [-0.15, -0.1) is 0 Å². The Bertz CT molecular complexity index is 1150. The molecule has 0 aliphatic heterocycles. The number of benzene rings is 3. The second-order valence-corrected chi connectivity index (χ2v) is 10.3. The summed E-state index contributed by atoms with van der Waals surface area (Å²) in [6.07, 6.45) is 0.259. The van der Waals surface area contributed by atoms with Crippen LogP contribution < -0.4 is 10.1 Å². The van der Waals surface area contributed by atoms with Gasteiger partial charge in [-0.1, -0.05) is 54.1 Å². The number of aliphatic carboxylic acids is 1. The predicted octanol–water partition coefficient (Wildman–Crippen LogP) is 6.61. The molecule has 3 aromatic carbocycles. The molecule has 9 heteroatoms. The molecule has 0 radical (unpaired) electrons. The highest BCUT2D eigenvalue weighted by atomic mass is 35.5. The molecule has 0 spiro atoms. The molecule has 0 bridgehead atoms. The summed E-state index contributed by atoms with van der Waals surface area (Å²) in [5.41, 5.74) is 2.81. The molecule has 0 aliphatic carbocycles. The van der Waals surface area contributed by atoms with Gasteiger partial charge in [0.25, 0.3) is 0 Å². The van der Waals surface area contributed by atoms with Crippen LogP contribution in [0.1, 0.15) is 24.5 Å². The maximum absolute atomic E-state index is 13.0. The van der Waals surface area contributed by atoms with Gasteiger partial charge in [0, 0.05) is 36.0 Å². The molecule has 3 aromatic rings. The highest BCUT2D eigenvalue weighted by Gasteiger charge is 2.18. The molecule has 3 rings (SSSR count). The highest BCUT2D eigenvalue weighted by molar-refractivity contribution is 7.98. The van der Waals surface area contributed by atoms with Gasteiger partial charge in [-0.2, -0.15) is 11.8 Å².